The number of aryl methyl sites for hydroxylation is 2. The van der Waals surface area contributed by atoms with Gasteiger partial charge in [0.15, 0.2) is 11.7 Å². The zero-order chi connectivity index (χ0) is 28.1. The van der Waals surface area contributed by atoms with Gasteiger partial charge in [0, 0.05) is 23.5 Å². The standard InChI is InChI=1S/C32H41N3O4/c1-6-19-10-15-27-24(16-19)22(29(38)32(4,5)39-27)8-7-9-26(36)21-12-11-20-13-14-25(23(20)17-21)35-28(37)18-31(2,3)34-30(35)33/h10-12,15-17,22,25,29,38H,6-9,13-14,18H2,1-5H3,(H2,33,34)/t22-,25-,29+/m1/s1. The van der Waals surface area contributed by atoms with Gasteiger partial charge in [0.05, 0.1) is 18.0 Å². The predicted molar refractivity (Wildman–Crippen MR) is 152 cm³/mol. The number of aliphatic hydroxyl groups is 1. The van der Waals surface area contributed by atoms with Crippen molar-refractivity contribution in [2.75, 3.05) is 0 Å². The van der Waals surface area contributed by atoms with Gasteiger partial charge in [-0.3, -0.25) is 14.5 Å². The molecule has 0 fully saturated rings. The van der Waals surface area contributed by atoms with Crippen molar-refractivity contribution in [1.82, 2.24) is 4.90 Å². The first-order chi connectivity index (χ1) is 18.4. The molecular formula is C32H41N3O4. The number of ether oxygens (including phenoxy) is 1. The predicted octanol–water partition coefficient (Wildman–Crippen LogP) is 5.23. The molecule has 5 rings (SSSR count). The lowest BCUT2D eigenvalue weighted by Crippen LogP contribution is -2.50. The molecule has 0 radical (unpaired) electrons. The monoisotopic (exact) mass is 531 g/mol. The summed E-state index contributed by atoms with van der Waals surface area (Å²) in [6, 6.07) is 11.9. The molecule has 0 aromatic heterocycles. The van der Waals surface area contributed by atoms with Crippen LogP contribution < -0.4 is 10.5 Å². The molecule has 0 unspecified atom stereocenters. The number of rotatable bonds is 7. The average Bonchev–Trinajstić information content (AvgIpc) is 3.27. The number of amides is 1. The van der Waals surface area contributed by atoms with Crippen molar-refractivity contribution in [1.29, 1.82) is 0 Å². The van der Waals surface area contributed by atoms with E-state index in [0.29, 0.717) is 31.2 Å². The van der Waals surface area contributed by atoms with E-state index in [0.717, 1.165) is 41.7 Å². The van der Waals surface area contributed by atoms with Crippen LogP contribution in [0.25, 0.3) is 0 Å². The van der Waals surface area contributed by atoms with Gasteiger partial charge in [-0.2, -0.15) is 0 Å². The number of carbonyl (C=O) groups is 2. The Morgan fingerprint density at radius 3 is 2.64 bits per heavy atom. The van der Waals surface area contributed by atoms with Crippen LogP contribution in [0.15, 0.2) is 41.4 Å². The normalized spacial score (nSPS) is 25.0. The average molecular weight is 532 g/mol. The molecule has 2 aromatic rings. The van der Waals surface area contributed by atoms with Gasteiger partial charge < -0.3 is 15.6 Å². The molecule has 2 aromatic carbocycles. The number of hydrogen-bond donors (Lipinski definition) is 2. The number of carbonyl (C=O) groups excluding carboxylic acids is 2. The van der Waals surface area contributed by atoms with Crippen LogP contribution >= 0.6 is 0 Å². The smallest absolute Gasteiger partial charge is 0.232 e. The summed E-state index contributed by atoms with van der Waals surface area (Å²) in [5.74, 6) is 1.03. The fourth-order valence-corrected chi connectivity index (χ4v) is 6.48. The SMILES string of the molecule is CCc1ccc2c(c1)[C@@H](CCCC(=O)c1ccc3c(c1)[C@H](N1C(=O)CC(C)(C)N=C1N)CC3)[C@H](O)C(C)(C)O2. The number of guanidine groups is 1. The van der Waals surface area contributed by atoms with E-state index in [9.17, 15) is 14.7 Å². The highest BCUT2D eigenvalue weighted by molar-refractivity contribution is 6.00. The van der Waals surface area contributed by atoms with E-state index >= 15 is 0 Å². The number of aliphatic hydroxyl groups excluding tert-OH is 1. The highest BCUT2D eigenvalue weighted by Crippen LogP contribution is 2.44. The Balaban J connectivity index is 1.30. The van der Waals surface area contributed by atoms with Crippen molar-refractivity contribution in [3.8, 4) is 5.75 Å². The highest BCUT2D eigenvalue weighted by Gasteiger charge is 2.43. The third kappa shape index (κ3) is 5.21. The van der Waals surface area contributed by atoms with Crippen LogP contribution in [-0.4, -0.2) is 44.9 Å². The van der Waals surface area contributed by atoms with Crippen molar-refractivity contribution < 1.29 is 19.4 Å². The number of Topliss-reactive ketones (excluding diaryl/α,β-unsaturated/α-hetero) is 1. The summed E-state index contributed by atoms with van der Waals surface area (Å²) in [5, 5.41) is 11.2. The van der Waals surface area contributed by atoms with Gasteiger partial charge in [-0.05, 0) is 88.6 Å². The van der Waals surface area contributed by atoms with E-state index in [2.05, 4.69) is 24.0 Å². The molecule has 0 saturated carbocycles. The van der Waals surface area contributed by atoms with Crippen LogP contribution in [-0.2, 0) is 17.6 Å². The van der Waals surface area contributed by atoms with Crippen LogP contribution in [0.2, 0.25) is 0 Å². The summed E-state index contributed by atoms with van der Waals surface area (Å²) in [6.07, 6.45) is 3.91. The number of nitrogens with two attached hydrogens (primary N) is 1. The summed E-state index contributed by atoms with van der Waals surface area (Å²) in [7, 11) is 0. The van der Waals surface area contributed by atoms with Crippen molar-refractivity contribution in [3.05, 3.63) is 64.2 Å². The fourth-order valence-electron chi connectivity index (χ4n) is 6.48. The molecule has 39 heavy (non-hydrogen) atoms. The van der Waals surface area contributed by atoms with Crippen molar-refractivity contribution >= 4 is 17.6 Å². The van der Waals surface area contributed by atoms with Crippen LogP contribution in [0.3, 0.4) is 0 Å². The van der Waals surface area contributed by atoms with Gasteiger partial charge in [0.1, 0.15) is 17.5 Å². The Morgan fingerprint density at radius 2 is 1.92 bits per heavy atom. The lowest BCUT2D eigenvalue weighted by Gasteiger charge is -2.42. The van der Waals surface area contributed by atoms with Gasteiger partial charge in [-0.15, -0.1) is 0 Å². The number of fused-ring (bicyclic) bond motifs is 2. The van der Waals surface area contributed by atoms with E-state index in [1.807, 2.05) is 52.0 Å². The lowest BCUT2D eigenvalue weighted by atomic mass is 9.78. The first-order valence-electron chi connectivity index (χ1n) is 14.2. The fraction of sp³-hybridized carbons (Fsp3) is 0.531. The van der Waals surface area contributed by atoms with Crippen LogP contribution in [0, 0.1) is 0 Å². The molecular weight excluding hydrogens is 490 g/mol. The van der Waals surface area contributed by atoms with E-state index in [4.69, 9.17) is 10.5 Å². The minimum absolute atomic E-state index is 0.0217. The first kappa shape index (κ1) is 27.4. The largest absolute Gasteiger partial charge is 0.485 e. The molecule has 1 aliphatic carbocycles. The Bertz CT molecular complexity index is 1330. The maximum absolute atomic E-state index is 13.3. The Labute approximate surface area is 231 Å². The molecule has 0 bridgehead atoms. The molecule has 208 valence electrons. The third-order valence-electron chi connectivity index (χ3n) is 8.61. The van der Waals surface area contributed by atoms with Crippen molar-refractivity contribution in [3.63, 3.8) is 0 Å². The van der Waals surface area contributed by atoms with Crippen molar-refractivity contribution in [2.45, 2.75) is 109 Å². The number of aliphatic imine (C=N–C) groups is 1. The minimum Gasteiger partial charge on any atom is -0.485 e. The number of benzene rings is 2. The quantitative estimate of drug-likeness (QED) is 0.476. The maximum atomic E-state index is 13.3. The molecule has 3 N–H and O–H groups in total. The molecule has 1 amide bonds. The van der Waals surface area contributed by atoms with Crippen LogP contribution in [0.1, 0.15) is 111 Å². The second kappa shape index (κ2) is 10.1. The molecule has 7 heteroatoms. The van der Waals surface area contributed by atoms with Gasteiger partial charge in [0.25, 0.3) is 0 Å². The van der Waals surface area contributed by atoms with E-state index in [-0.39, 0.29) is 29.6 Å². The zero-order valence-electron chi connectivity index (χ0n) is 23.8. The molecule has 0 saturated heterocycles. The van der Waals surface area contributed by atoms with Crippen LogP contribution in [0.4, 0.5) is 0 Å². The van der Waals surface area contributed by atoms with Gasteiger partial charge in [0.2, 0.25) is 5.91 Å². The summed E-state index contributed by atoms with van der Waals surface area (Å²) < 4.78 is 6.12. The lowest BCUT2D eigenvalue weighted by molar-refractivity contribution is -0.131. The summed E-state index contributed by atoms with van der Waals surface area (Å²) in [5.41, 5.74) is 10.1. The van der Waals surface area contributed by atoms with Gasteiger partial charge in [-0.25, -0.2) is 4.99 Å². The second-order valence-electron chi connectivity index (χ2n) is 12.5. The molecule has 0 spiro atoms. The van der Waals surface area contributed by atoms with Crippen molar-refractivity contribution in [2.24, 2.45) is 10.7 Å². The van der Waals surface area contributed by atoms with E-state index in [1.54, 1.807) is 4.90 Å². The molecule has 2 heterocycles. The maximum Gasteiger partial charge on any atom is 0.232 e. The van der Waals surface area contributed by atoms with E-state index < -0.39 is 17.2 Å². The second-order valence-corrected chi connectivity index (χ2v) is 12.5. The summed E-state index contributed by atoms with van der Waals surface area (Å²) in [4.78, 5) is 32.5. The number of ketones is 1. The molecule has 2 aliphatic heterocycles. The third-order valence-corrected chi connectivity index (χ3v) is 8.61. The minimum atomic E-state index is -0.698. The zero-order valence-corrected chi connectivity index (χ0v) is 23.8. The molecule has 3 atom stereocenters. The van der Waals surface area contributed by atoms with Crippen LogP contribution in [0.5, 0.6) is 5.75 Å². The number of hydrogen-bond acceptors (Lipinski definition) is 6. The topological polar surface area (TPSA) is 105 Å². The van der Waals surface area contributed by atoms with Gasteiger partial charge >= 0.3 is 0 Å². The first-order valence-corrected chi connectivity index (χ1v) is 14.2. The Morgan fingerprint density at radius 1 is 1.15 bits per heavy atom. The summed E-state index contributed by atoms with van der Waals surface area (Å²) >= 11 is 0. The van der Waals surface area contributed by atoms with Gasteiger partial charge in [-0.1, -0.05) is 31.2 Å². The summed E-state index contributed by atoms with van der Waals surface area (Å²) in [6.45, 7) is 9.77. The molecule has 7 nitrogen and oxygen atoms in total. The number of nitrogens with zero attached hydrogens (tertiary/aromatic N) is 2. The Hall–Kier alpha value is -3.19. The van der Waals surface area contributed by atoms with E-state index in [1.165, 1.54) is 5.56 Å². The molecule has 3 aliphatic rings. The Kier molecular flexibility index (Phi) is 7.08. The highest BCUT2D eigenvalue weighted by atomic mass is 16.5.